The predicted octanol–water partition coefficient (Wildman–Crippen LogP) is 3.69. The number of methoxy groups -OCH3 is 1. The minimum Gasteiger partial charge on any atom is -0.481 e. The van der Waals surface area contributed by atoms with Crippen LogP contribution in [-0.2, 0) is 19.1 Å². The summed E-state index contributed by atoms with van der Waals surface area (Å²) in [6, 6.07) is 15.0. The number of nitrogens with one attached hydrogen (secondary N) is 2. The summed E-state index contributed by atoms with van der Waals surface area (Å²) in [7, 11) is 1.55. The first kappa shape index (κ1) is 24.7. The van der Waals surface area contributed by atoms with Crippen molar-refractivity contribution in [1.82, 2.24) is 10.6 Å². The van der Waals surface area contributed by atoms with Crippen molar-refractivity contribution in [3.63, 3.8) is 0 Å². The number of carbonyl (C=O) groups is 3. The van der Waals surface area contributed by atoms with E-state index in [-0.39, 0.29) is 30.9 Å². The van der Waals surface area contributed by atoms with Crippen molar-refractivity contribution in [2.45, 2.75) is 56.7 Å². The zero-order valence-electron chi connectivity index (χ0n) is 20.2. The Hall–Kier alpha value is -3.39. The van der Waals surface area contributed by atoms with E-state index < -0.39 is 29.6 Å². The van der Waals surface area contributed by atoms with Gasteiger partial charge < -0.3 is 25.2 Å². The van der Waals surface area contributed by atoms with Gasteiger partial charge in [-0.3, -0.25) is 9.59 Å². The fraction of sp³-hybridized carbons (Fsp3) is 0.444. The molecule has 2 aromatic rings. The summed E-state index contributed by atoms with van der Waals surface area (Å²) in [6.45, 7) is 3.80. The summed E-state index contributed by atoms with van der Waals surface area (Å²) in [5.41, 5.74) is 3.82. The summed E-state index contributed by atoms with van der Waals surface area (Å²) in [5.74, 6) is -1.76. The number of rotatable bonds is 9. The molecule has 35 heavy (non-hydrogen) atoms. The molecule has 2 aliphatic rings. The van der Waals surface area contributed by atoms with Gasteiger partial charge in [-0.2, -0.15) is 0 Å². The van der Waals surface area contributed by atoms with Gasteiger partial charge in [0.05, 0.1) is 11.5 Å². The van der Waals surface area contributed by atoms with E-state index in [1.165, 1.54) is 0 Å². The lowest BCUT2D eigenvalue weighted by atomic mass is 9.80. The fourth-order valence-electron chi connectivity index (χ4n) is 4.81. The molecule has 186 valence electrons. The molecule has 3 N–H and O–H groups in total. The van der Waals surface area contributed by atoms with Crippen LogP contribution in [0.5, 0.6) is 0 Å². The molecular weight excluding hydrogens is 448 g/mol. The van der Waals surface area contributed by atoms with Gasteiger partial charge in [0.15, 0.2) is 0 Å². The molecule has 4 rings (SSSR count). The third kappa shape index (κ3) is 5.48. The first-order valence-electron chi connectivity index (χ1n) is 11.9. The molecule has 2 aliphatic carbocycles. The van der Waals surface area contributed by atoms with Crippen molar-refractivity contribution in [1.29, 1.82) is 0 Å². The maximum Gasteiger partial charge on any atom is 0.407 e. The number of alkyl carbamates (subject to hydrolysis) is 1. The van der Waals surface area contributed by atoms with Gasteiger partial charge in [0, 0.05) is 25.5 Å². The molecule has 0 bridgehead atoms. The number of hydrogen-bond acceptors (Lipinski definition) is 5. The highest BCUT2D eigenvalue weighted by Gasteiger charge is 2.38. The van der Waals surface area contributed by atoms with Crippen molar-refractivity contribution in [2.24, 2.45) is 5.92 Å². The number of amides is 2. The molecule has 2 amide bonds. The molecule has 0 heterocycles. The second-order valence-electron chi connectivity index (χ2n) is 9.90. The highest BCUT2D eigenvalue weighted by molar-refractivity contribution is 5.86. The van der Waals surface area contributed by atoms with Crippen molar-refractivity contribution in [2.75, 3.05) is 13.7 Å². The van der Waals surface area contributed by atoms with Crippen LogP contribution in [0.15, 0.2) is 48.5 Å². The average Bonchev–Trinajstić information content (AvgIpc) is 3.12. The molecule has 0 aromatic heterocycles. The lowest BCUT2D eigenvalue weighted by Crippen LogP contribution is -2.55. The summed E-state index contributed by atoms with van der Waals surface area (Å²) < 4.78 is 11.1. The van der Waals surface area contributed by atoms with Gasteiger partial charge in [-0.05, 0) is 48.9 Å². The number of carboxylic acid groups (broad SMARTS) is 1. The van der Waals surface area contributed by atoms with E-state index in [0.29, 0.717) is 12.8 Å². The number of carbonyl (C=O) groups excluding carboxylic acids is 2. The number of fused-ring (bicyclic) bond motifs is 3. The smallest absolute Gasteiger partial charge is 0.407 e. The van der Waals surface area contributed by atoms with E-state index in [1.54, 1.807) is 7.11 Å². The van der Waals surface area contributed by atoms with E-state index in [0.717, 1.165) is 22.3 Å². The van der Waals surface area contributed by atoms with Crippen LogP contribution in [0.2, 0.25) is 0 Å². The third-order valence-corrected chi connectivity index (χ3v) is 7.03. The Morgan fingerprint density at radius 2 is 1.60 bits per heavy atom. The van der Waals surface area contributed by atoms with E-state index in [2.05, 4.69) is 22.8 Å². The molecule has 1 atom stereocenters. The average molecular weight is 481 g/mol. The molecule has 8 heteroatoms. The number of ether oxygens (including phenoxy) is 2. The first-order valence-corrected chi connectivity index (χ1v) is 11.9. The quantitative estimate of drug-likeness (QED) is 0.504. The zero-order valence-corrected chi connectivity index (χ0v) is 20.2. The number of hydrogen-bond donors (Lipinski definition) is 3. The van der Waals surface area contributed by atoms with Crippen molar-refractivity contribution in [3.8, 4) is 11.1 Å². The SMILES string of the molecule is COC(C)(C)CC(NC(=O)OCC1c2ccccc2-c2ccccc21)C(=O)NC1CC(C(=O)O)C1. The zero-order chi connectivity index (χ0) is 25.2. The molecule has 0 aliphatic heterocycles. The fourth-order valence-corrected chi connectivity index (χ4v) is 4.81. The molecule has 0 spiro atoms. The van der Waals surface area contributed by atoms with Gasteiger partial charge in [-0.15, -0.1) is 0 Å². The van der Waals surface area contributed by atoms with Crippen LogP contribution in [0.25, 0.3) is 11.1 Å². The Morgan fingerprint density at radius 1 is 1.03 bits per heavy atom. The second-order valence-corrected chi connectivity index (χ2v) is 9.90. The van der Waals surface area contributed by atoms with Crippen LogP contribution in [0.4, 0.5) is 4.79 Å². The molecule has 2 aromatic carbocycles. The van der Waals surface area contributed by atoms with Crippen LogP contribution in [0, 0.1) is 5.92 Å². The minimum atomic E-state index is -0.885. The molecule has 0 saturated heterocycles. The van der Waals surface area contributed by atoms with Gasteiger partial charge in [-0.1, -0.05) is 48.5 Å². The Bertz CT molecular complexity index is 1060. The largest absolute Gasteiger partial charge is 0.481 e. The Balaban J connectivity index is 1.40. The molecule has 1 saturated carbocycles. The van der Waals surface area contributed by atoms with E-state index >= 15 is 0 Å². The third-order valence-electron chi connectivity index (χ3n) is 7.03. The van der Waals surface area contributed by atoms with Gasteiger partial charge in [0.25, 0.3) is 0 Å². The number of aliphatic carboxylic acids is 1. The summed E-state index contributed by atoms with van der Waals surface area (Å²) in [4.78, 5) is 36.8. The minimum absolute atomic E-state index is 0.0845. The molecule has 1 fully saturated rings. The van der Waals surface area contributed by atoms with E-state index in [9.17, 15) is 14.4 Å². The van der Waals surface area contributed by atoms with Crippen LogP contribution in [-0.4, -0.2) is 54.5 Å². The van der Waals surface area contributed by atoms with Crippen LogP contribution < -0.4 is 10.6 Å². The monoisotopic (exact) mass is 480 g/mol. The first-order chi connectivity index (χ1) is 16.7. The summed E-state index contributed by atoms with van der Waals surface area (Å²) in [6.07, 6.45) is 0.309. The van der Waals surface area contributed by atoms with E-state index in [1.807, 2.05) is 50.2 Å². The number of carboxylic acids is 1. The maximum atomic E-state index is 13.0. The van der Waals surface area contributed by atoms with Gasteiger partial charge in [0.2, 0.25) is 5.91 Å². The van der Waals surface area contributed by atoms with Crippen molar-refractivity contribution >= 4 is 18.0 Å². The molecular formula is C27H32N2O6. The molecule has 0 radical (unpaired) electrons. The number of benzene rings is 2. The van der Waals surface area contributed by atoms with Crippen LogP contribution in [0.3, 0.4) is 0 Å². The Morgan fingerprint density at radius 3 is 2.14 bits per heavy atom. The van der Waals surface area contributed by atoms with Crippen LogP contribution >= 0.6 is 0 Å². The normalized spacial score (nSPS) is 19.6. The second kappa shape index (κ2) is 10.1. The molecule has 8 nitrogen and oxygen atoms in total. The van der Waals surface area contributed by atoms with Crippen molar-refractivity contribution < 1.29 is 29.0 Å². The van der Waals surface area contributed by atoms with Crippen molar-refractivity contribution in [3.05, 3.63) is 59.7 Å². The standard InChI is InChI=1S/C27H32N2O6/c1-27(2,34-3)14-23(24(30)28-17-12-16(13-17)25(31)32)29-26(33)35-15-22-20-10-6-4-8-18(20)19-9-5-7-11-21(19)22/h4-11,16-17,22-23H,12-15H2,1-3H3,(H,28,30)(H,29,33)(H,31,32). The molecule has 1 unspecified atom stereocenters. The van der Waals surface area contributed by atoms with Crippen LogP contribution in [0.1, 0.15) is 50.2 Å². The predicted molar refractivity (Wildman–Crippen MR) is 130 cm³/mol. The lowest BCUT2D eigenvalue weighted by molar-refractivity contribution is -0.146. The highest BCUT2D eigenvalue weighted by atomic mass is 16.5. The Labute approximate surface area is 205 Å². The summed E-state index contributed by atoms with van der Waals surface area (Å²) in [5, 5.41) is 14.6. The van der Waals surface area contributed by atoms with Gasteiger partial charge >= 0.3 is 12.1 Å². The van der Waals surface area contributed by atoms with E-state index in [4.69, 9.17) is 14.6 Å². The maximum absolute atomic E-state index is 13.0. The Kier molecular flexibility index (Phi) is 7.12. The lowest BCUT2D eigenvalue weighted by Gasteiger charge is -2.35. The van der Waals surface area contributed by atoms with Gasteiger partial charge in [0.1, 0.15) is 12.6 Å². The van der Waals surface area contributed by atoms with Gasteiger partial charge in [-0.25, -0.2) is 4.79 Å². The summed E-state index contributed by atoms with van der Waals surface area (Å²) >= 11 is 0. The highest BCUT2D eigenvalue weighted by Crippen LogP contribution is 2.44. The topological polar surface area (TPSA) is 114 Å².